The molecule has 0 aliphatic carbocycles. The van der Waals surface area contributed by atoms with Crippen molar-refractivity contribution in [1.29, 1.82) is 5.26 Å². The van der Waals surface area contributed by atoms with E-state index in [-0.39, 0.29) is 11.1 Å². The summed E-state index contributed by atoms with van der Waals surface area (Å²) >= 11 is 0. The predicted octanol–water partition coefficient (Wildman–Crippen LogP) is -0.796. The molecule has 0 saturated carbocycles. The number of aliphatic hydroxyl groups excluding tert-OH is 2. The lowest BCUT2D eigenvalue weighted by Crippen LogP contribution is -2.23. The Hall–Kier alpha value is -2.17. The molecule has 0 aliphatic rings. The van der Waals surface area contributed by atoms with Crippen LogP contribution >= 0.6 is 0 Å². The van der Waals surface area contributed by atoms with Crippen LogP contribution in [0.4, 0.5) is 0 Å². The Kier molecular flexibility index (Phi) is 4.59. The minimum absolute atomic E-state index is 0.141. The van der Waals surface area contributed by atoms with Gasteiger partial charge in [-0.15, -0.1) is 0 Å². The van der Waals surface area contributed by atoms with E-state index in [0.717, 1.165) is 13.2 Å². The van der Waals surface area contributed by atoms with Gasteiger partial charge in [-0.05, 0) is 6.07 Å². The Balaban J connectivity index is 2.90. The molecule has 0 saturated heterocycles. The van der Waals surface area contributed by atoms with Crippen LogP contribution in [0.2, 0.25) is 0 Å². The minimum Gasteiger partial charge on any atom is -0.469 e. The fourth-order valence-electron chi connectivity index (χ4n) is 1.34. The van der Waals surface area contributed by atoms with Crippen molar-refractivity contribution < 1.29 is 19.7 Å². The average Bonchev–Trinajstić information content (AvgIpc) is 2.38. The van der Waals surface area contributed by atoms with E-state index in [1.54, 1.807) is 6.07 Å². The van der Waals surface area contributed by atoms with Crippen LogP contribution in [0.1, 0.15) is 23.7 Å². The Morgan fingerprint density at radius 1 is 1.61 bits per heavy atom. The third-order valence-corrected chi connectivity index (χ3v) is 2.36. The van der Waals surface area contributed by atoms with E-state index >= 15 is 0 Å². The van der Waals surface area contributed by atoms with Gasteiger partial charge in [0.1, 0.15) is 17.7 Å². The standard InChI is InChI=1S/C11H12N2O5/c1-18-9(15)3-8(14)10(16)7-2-6(4-12)11(17)13-5-7/h2,5,8,10,14,16H,3H2,1H3,(H,13,17). The summed E-state index contributed by atoms with van der Waals surface area (Å²) in [5, 5.41) is 28.0. The fourth-order valence-corrected chi connectivity index (χ4v) is 1.34. The van der Waals surface area contributed by atoms with Gasteiger partial charge in [0.05, 0.1) is 19.6 Å². The molecule has 7 nitrogen and oxygen atoms in total. The molecule has 2 atom stereocenters. The highest BCUT2D eigenvalue weighted by Gasteiger charge is 2.22. The molecule has 0 radical (unpaired) electrons. The summed E-state index contributed by atoms with van der Waals surface area (Å²) in [7, 11) is 1.16. The minimum atomic E-state index is -1.40. The number of nitrogens with one attached hydrogen (secondary N) is 1. The second kappa shape index (κ2) is 5.95. The van der Waals surface area contributed by atoms with Crippen LogP contribution in [0.5, 0.6) is 0 Å². The first-order valence-electron chi connectivity index (χ1n) is 5.05. The van der Waals surface area contributed by atoms with Crippen molar-refractivity contribution in [3.63, 3.8) is 0 Å². The van der Waals surface area contributed by atoms with Crippen LogP contribution < -0.4 is 5.56 Å². The third kappa shape index (κ3) is 3.16. The van der Waals surface area contributed by atoms with Gasteiger partial charge in [0.25, 0.3) is 5.56 Å². The smallest absolute Gasteiger partial charge is 0.308 e. The summed E-state index contributed by atoms with van der Waals surface area (Å²) in [4.78, 5) is 24.3. The second-order valence-corrected chi connectivity index (χ2v) is 3.58. The zero-order valence-corrected chi connectivity index (χ0v) is 9.58. The Bertz CT molecular complexity index is 531. The van der Waals surface area contributed by atoms with Gasteiger partial charge in [0, 0.05) is 11.8 Å². The van der Waals surface area contributed by atoms with Crippen molar-refractivity contribution >= 4 is 5.97 Å². The van der Waals surface area contributed by atoms with Gasteiger partial charge < -0.3 is 19.9 Å². The van der Waals surface area contributed by atoms with E-state index in [4.69, 9.17) is 5.26 Å². The summed E-state index contributed by atoms with van der Waals surface area (Å²) in [6.07, 6.45) is -1.99. The molecule has 2 unspecified atom stereocenters. The maximum Gasteiger partial charge on any atom is 0.308 e. The lowest BCUT2D eigenvalue weighted by atomic mass is 10.0. The number of nitriles is 1. The van der Waals surface area contributed by atoms with Gasteiger partial charge in [0.2, 0.25) is 0 Å². The number of rotatable bonds is 4. The van der Waals surface area contributed by atoms with Gasteiger partial charge in [-0.2, -0.15) is 5.26 Å². The van der Waals surface area contributed by atoms with E-state index in [0.29, 0.717) is 0 Å². The number of methoxy groups -OCH3 is 1. The molecule has 1 rings (SSSR count). The molecule has 7 heteroatoms. The number of carbonyl (C=O) groups is 1. The summed E-state index contributed by atoms with van der Waals surface area (Å²) in [5.74, 6) is -0.675. The summed E-state index contributed by atoms with van der Waals surface area (Å²) in [6, 6.07) is 2.81. The number of pyridine rings is 1. The molecule has 1 aromatic heterocycles. The number of carbonyl (C=O) groups excluding carboxylic acids is 1. The molecule has 0 fully saturated rings. The van der Waals surface area contributed by atoms with Crippen LogP contribution in [0.15, 0.2) is 17.1 Å². The summed E-state index contributed by atoms with van der Waals surface area (Å²) in [6.45, 7) is 0. The predicted molar refractivity (Wildman–Crippen MR) is 59.4 cm³/mol. The number of nitrogens with zero attached hydrogens (tertiary/aromatic N) is 1. The Morgan fingerprint density at radius 3 is 2.83 bits per heavy atom. The highest BCUT2D eigenvalue weighted by molar-refractivity contribution is 5.69. The largest absolute Gasteiger partial charge is 0.469 e. The van der Waals surface area contributed by atoms with Crippen molar-refractivity contribution in [2.24, 2.45) is 0 Å². The second-order valence-electron chi connectivity index (χ2n) is 3.58. The molecule has 1 aromatic rings. The quantitative estimate of drug-likeness (QED) is 0.603. The molecule has 18 heavy (non-hydrogen) atoms. The number of aliphatic hydroxyl groups is 2. The Labute approximate surface area is 102 Å². The molecule has 0 aromatic carbocycles. The van der Waals surface area contributed by atoms with Crippen LogP contribution in [-0.2, 0) is 9.53 Å². The highest BCUT2D eigenvalue weighted by atomic mass is 16.5. The zero-order valence-electron chi connectivity index (χ0n) is 9.58. The van der Waals surface area contributed by atoms with Crippen molar-refractivity contribution in [3.8, 4) is 6.07 Å². The van der Waals surface area contributed by atoms with Gasteiger partial charge in [-0.1, -0.05) is 0 Å². The van der Waals surface area contributed by atoms with E-state index in [2.05, 4.69) is 9.72 Å². The molecule has 3 N–H and O–H groups in total. The van der Waals surface area contributed by atoms with Gasteiger partial charge in [0.15, 0.2) is 0 Å². The molecule has 0 spiro atoms. The van der Waals surface area contributed by atoms with Gasteiger partial charge in [-0.3, -0.25) is 9.59 Å². The monoisotopic (exact) mass is 252 g/mol. The van der Waals surface area contributed by atoms with Crippen molar-refractivity contribution in [2.45, 2.75) is 18.6 Å². The number of H-pyrrole nitrogens is 1. The Morgan fingerprint density at radius 2 is 2.28 bits per heavy atom. The number of esters is 1. The van der Waals surface area contributed by atoms with Crippen molar-refractivity contribution in [1.82, 2.24) is 4.98 Å². The first kappa shape index (κ1) is 13.9. The van der Waals surface area contributed by atoms with Crippen LogP contribution in [0.25, 0.3) is 0 Å². The lowest BCUT2D eigenvalue weighted by Gasteiger charge is -2.16. The van der Waals surface area contributed by atoms with Crippen LogP contribution in [-0.4, -0.2) is 34.4 Å². The number of hydrogen-bond acceptors (Lipinski definition) is 6. The number of ether oxygens (including phenoxy) is 1. The first-order valence-corrected chi connectivity index (χ1v) is 5.05. The van der Waals surface area contributed by atoms with Crippen molar-refractivity contribution in [3.05, 3.63) is 33.7 Å². The molecular formula is C11H12N2O5. The average molecular weight is 252 g/mol. The van der Waals surface area contributed by atoms with E-state index < -0.39 is 30.2 Å². The third-order valence-electron chi connectivity index (χ3n) is 2.36. The van der Waals surface area contributed by atoms with Crippen molar-refractivity contribution in [2.75, 3.05) is 7.11 Å². The first-order chi connectivity index (χ1) is 8.49. The number of hydrogen-bond donors (Lipinski definition) is 3. The maximum atomic E-state index is 11.1. The van der Waals surface area contributed by atoms with E-state index in [9.17, 15) is 19.8 Å². The van der Waals surface area contributed by atoms with E-state index in [1.807, 2.05) is 0 Å². The lowest BCUT2D eigenvalue weighted by molar-refractivity contribution is -0.144. The molecule has 0 bridgehead atoms. The number of aromatic amines is 1. The number of aromatic nitrogens is 1. The SMILES string of the molecule is COC(=O)CC(O)C(O)c1c[nH]c(=O)c(C#N)c1. The molecule has 0 amide bonds. The summed E-state index contributed by atoms with van der Waals surface area (Å²) in [5.41, 5.74) is -0.629. The fraction of sp³-hybridized carbons (Fsp3) is 0.364. The normalized spacial score (nSPS) is 13.4. The van der Waals surface area contributed by atoms with Crippen LogP contribution in [0.3, 0.4) is 0 Å². The summed E-state index contributed by atoms with van der Waals surface area (Å²) < 4.78 is 4.35. The molecular weight excluding hydrogens is 240 g/mol. The van der Waals surface area contributed by atoms with Gasteiger partial charge in [-0.25, -0.2) is 0 Å². The zero-order chi connectivity index (χ0) is 13.7. The highest BCUT2D eigenvalue weighted by Crippen LogP contribution is 2.18. The molecule has 0 aliphatic heterocycles. The van der Waals surface area contributed by atoms with Gasteiger partial charge >= 0.3 is 5.97 Å². The van der Waals surface area contributed by atoms with E-state index in [1.165, 1.54) is 6.20 Å². The topological polar surface area (TPSA) is 123 Å². The van der Waals surface area contributed by atoms with Crippen LogP contribution in [0, 0.1) is 11.3 Å². The maximum absolute atomic E-state index is 11.1. The molecule has 96 valence electrons. The molecule has 1 heterocycles.